The minimum absolute atomic E-state index is 0.115. The third-order valence-corrected chi connectivity index (χ3v) is 5.92. The van der Waals surface area contributed by atoms with Gasteiger partial charge in [0, 0.05) is 37.7 Å². The number of rotatable bonds is 4. The average Bonchev–Trinajstić information content (AvgIpc) is 3.35. The number of carbonyl (C=O) groups is 1. The lowest BCUT2D eigenvalue weighted by Crippen LogP contribution is -2.51. The van der Waals surface area contributed by atoms with E-state index in [9.17, 15) is 4.79 Å². The third-order valence-electron chi connectivity index (χ3n) is 5.92. The quantitative estimate of drug-likeness (QED) is 0.668. The van der Waals surface area contributed by atoms with Gasteiger partial charge in [-0.3, -0.25) is 4.79 Å². The molecule has 0 radical (unpaired) electrons. The number of carbonyl (C=O) groups excluding carboxylic acids is 1. The molecule has 0 N–H and O–H groups in total. The fourth-order valence-corrected chi connectivity index (χ4v) is 4.31. The molecule has 1 unspecified atom stereocenters. The number of aromatic nitrogens is 2. The van der Waals surface area contributed by atoms with Crippen LogP contribution < -0.4 is 9.64 Å². The molecule has 6 nitrogen and oxygen atoms in total. The first-order valence-electron chi connectivity index (χ1n) is 10.6. The number of amides is 1. The largest absolute Gasteiger partial charge is 0.477 e. The van der Waals surface area contributed by atoms with Crippen LogP contribution in [0.25, 0.3) is 5.69 Å². The van der Waals surface area contributed by atoms with E-state index in [1.807, 2.05) is 33.9 Å². The Morgan fingerprint density at radius 1 is 1.03 bits per heavy atom. The number of likely N-dealkylation sites (tertiary alicyclic amines) is 1. The number of para-hydroxylation sites is 2. The van der Waals surface area contributed by atoms with Gasteiger partial charge in [-0.25, -0.2) is 4.98 Å². The van der Waals surface area contributed by atoms with Crippen LogP contribution in [0.3, 0.4) is 0 Å². The van der Waals surface area contributed by atoms with Crippen molar-refractivity contribution < 1.29 is 9.53 Å². The molecule has 0 aliphatic carbocycles. The SMILES string of the molecule is O=C(C1CN(Cc2ccc(-n3ccnc3)cc2)c2ccccc2O1)N1CCCCC1. The Hall–Kier alpha value is -3.28. The van der Waals surface area contributed by atoms with Gasteiger partial charge in [-0.1, -0.05) is 24.3 Å². The molecule has 2 aromatic carbocycles. The Morgan fingerprint density at radius 2 is 1.83 bits per heavy atom. The van der Waals surface area contributed by atoms with Crippen LogP contribution in [0.5, 0.6) is 5.75 Å². The summed E-state index contributed by atoms with van der Waals surface area (Å²) in [6.07, 6.45) is 8.43. The van der Waals surface area contributed by atoms with Gasteiger partial charge in [-0.05, 0) is 49.1 Å². The maximum absolute atomic E-state index is 13.1. The topological polar surface area (TPSA) is 50.6 Å². The van der Waals surface area contributed by atoms with Crippen molar-refractivity contribution in [3.05, 3.63) is 72.8 Å². The second-order valence-electron chi connectivity index (χ2n) is 7.98. The van der Waals surface area contributed by atoms with Crippen molar-refractivity contribution in [3.63, 3.8) is 0 Å². The molecule has 3 aromatic rings. The molecule has 2 aliphatic rings. The molecular weight excluding hydrogens is 376 g/mol. The van der Waals surface area contributed by atoms with E-state index in [0.717, 1.165) is 49.6 Å². The van der Waals surface area contributed by atoms with Gasteiger partial charge in [-0.2, -0.15) is 0 Å². The summed E-state index contributed by atoms with van der Waals surface area (Å²) in [5.41, 5.74) is 3.32. The molecule has 0 bridgehead atoms. The van der Waals surface area contributed by atoms with Crippen LogP contribution in [0.15, 0.2) is 67.3 Å². The molecular formula is C24H26N4O2. The Labute approximate surface area is 176 Å². The second kappa shape index (κ2) is 8.22. The number of piperidine rings is 1. The Bertz CT molecular complexity index is 994. The predicted molar refractivity (Wildman–Crippen MR) is 116 cm³/mol. The van der Waals surface area contributed by atoms with Crippen molar-refractivity contribution in [1.29, 1.82) is 0 Å². The first-order chi connectivity index (χ1) is 14.8. The maximum Gasteiger partial charge on any atom is 0.265 e. The first kappa shape index (κ1) is 18.7. The van der Waals surface area contributed by atoms with E-state index in [1.54, 1.807) is 12.5 Å². The molecule has 5 rings (SSSR count). The number of imidazole rings is 1. The molecule has 0 saturated carbocycles. The minimum atomic E-state index is -0.455. The summed E-state index contributed by atoms with van der Waals surface area (Å²) in [5.74, 6) is 0.902. The molecule has 1 saturated heterocycles. The molecule has 2 aliphatic heterocycles. The van der Waals surface area contributed by atoms with E-state index in [2.05, 4.69) is 40.2 Å². The molecule has 154 valence electrons. The monoisotopic (exact) mass is 402 g/mol. The summed E-state index contributed by atoms with van der Waals surface area (Å²) >= 11 is 0. The van der Waals surface area contributed by atoms with Crippen molar-refractivity contribution in [2.24, 2.45) is 0 Å². The lowest BCUT2D eigenvalue weighted by molar-refractivity contribution is -0.139. The van der Waals surface area contributed by atoms with Gasteiger partial charge < -0.3 is 19.1 Å². The van der Waals surface area contributed by atoms with E-state index in [4.69, 9.17) is 4.74 Å². The normalized spacial score (nSPS) is 18.6. The highest BCUT2D eigenvalue weighted by atomic mass is 16.5. The summed E-state index contributed by atoms with van der Waals surface area (Å²) < 4.78 is 8.13. The molecule has 1 atom stereocenters. The summed E-state index contributed by atoms with van der Waals surface area (Å²) in [5, 5.41) is 0. The van der Waals surface area contributed by atoms with Crippen LogP contribution in [0.1, 0.15) is 24.8 Å². The summed E-state index contributed by atoms with van der Waals surface area (Å²) in [6.45, 7) is 2.98. The molecule has 30 heavy (non-hydrogen) atoms. The number of nitrogens with zero attached hydrogens (tertiary/aromatic N) is 4. The highest BCUT2D eigenvalue weighted by molar-refractivity contribution is 5.83. The standard InChI is InChI=1S/C24H26N4O2/c29-24(26-13-4-1-5-14-26)23-17-28(21-6-2-3-7-22(21)30-23)16-19-8-10-20(11-9-19)27-15-12-25-18-27/h2-3,6-12,15,18,23H,1,4-5,13-14,16-17H2. The zero-order valence-corrected chi connectivity index (χ0v) is 17.0. The van der Waals surface area contributed by atoms with Crippen molar-refractivity contribution in [1.82, 2.24) is 14.5 Å². The number of anilines is 1. The van der Waals surface area contributed by atoms with E-state index in [-0.39, 0.29) is 5.91 Å². The molecule has 0 spiro atoms. The van der Waals surface area contributed by atoms with Gasteiger partial charge in [0.1, 0.15) is 5.75 Å². The minimum Gasteiger partial charge on any atom is -0.477 e. The van der Waals surface area contributed by atoms with Crippen molar-refractivity contribution in [3.8, 4) is 11.4 Å². The molecule has 1 fully saturated rings. The van der Waals surface area contributed by atoms with E-state index in [0.29, 0.717) is 6.54 Å². The van der Waals surface area contributed by atoms with Gasteiger partial charge in [0.15, 0.2) is 6.10 Å². The highest BCUT2D eigenvalue weighted by Gasteiger charge is 2.33. The maximum atomic E-state index is 13.1. The number of hydrogen-bond acceptors (Lipinski definition) is 4. The van der Waals surface area contributed by atoms with E-state index >= 15 is 0 Å². The first-order valence-corrected chi connectivity index (χ1v) is 10.6. The van der Waals surface area contributed by atoms with Gasteiger partial charge in [-0.15, -0.1) is 0 Å². The lowest BCUT2D eigenvalue weighted by atomic mass is 10.1. The number of hydrogen-bond donors (Lipinski definition) is 0. The second-order valence-corrected chi connectivity index (χ2v) is 7.98. The van der Waals surface area contributed by atoms with Crippen LogP contribution in [-0.2, 0) is 11.3 Å². The molecule has 6 heteroatoms. The Balaban J connectivity index is 1.35. The predicted octanol–water partition coefficient (Wildman–Crippen LogP) is 3.65. The summed E-state index contributed by atoms with van der Waals surface area (Å²) in [7, 11) is 0. The van der Waals surface area contributed by atoms with Crippen LogP contribution in [0.2, 0.25) is 0 Å². The average molecular weight is 402 g/mol. The van der Waals surface area contributed by atoms with Gasteiger partial charge in [0.2, 0.25) is 0 Å². The van der Waals surface area contributed by atoms with Crippen molar-refractivity contribution in [2.45, 2.75) is 31.9 Å². The highest BCUT2D eigenvalue weighted by Crippen LogP contribution is 2.34. The smallest absolute Gasteiger partial charge is 0.265 e. The number of ether oxygens (including phenoxy) is 1. The molecule has 3 heterocycles. The summed E-state index contributed by atoms with van der Waals surface area (Å²) in [6, 6.07) is 16.5. The zero-order valence-electron chi connectivity index (χ0n) is 17.0. The Morgan fingerprint density at radius 3 is 2.60 bits per heavy atom. The van der Waals surface area contributed by atoms with E-state index < -0.39 is 6.10 Å². The third kappa shape index (κ3) is 3.77. The zero-order chi connectivity index (χ0) is 20.3. The van der Waals surface area contributed by atoms with E-state index in [1.165, 1.54) is 12.0 Å². The number of benzene rings is 2. The van der Waals surface area contributed by atoms with Crippen LogP contribution in [-0.4, -0.2) is 46.1 Å². The van der Waals surface area contributed by atoms with Crippen LogP contribution in [0, 0.1) is 0 Å². The Kier molecular flexibility index (Phi) is 5.13. The summed E-state index contributed by atoms with van der Waals surface area (Å²) in [4.78, 5) is 21.4. The number of fused-ring (bicyclic) bond motifs is 1. The molecule has 1 amide bonds. The fourth-order valence-electron chi connectivity index (χ4n) is 4.31. The van der Waals surface area contributed by atoms with Gasteiger partial charge in [0.25, 0.3) is 5.91 Å². The van der Waals surface area contributed by atoms with Crippen LogP contribution in [0.4, 0.5) is 5.69 Å². The molecule has 1 aromatic heterocycles. The fraction of sp³-hybridized carbons (Fsp3) is 0.333. The van der Waals surface area contributed by atoms with Crippen molar-refractivity contribution >= 4 is 11.6 Å². The van der Waals surface area contributed by atoms with Crippen LogP contribution >= 0.6 is 0 Å². The lowest BCUT2D eigenvalue weighted by Gasteiger charge is -2.38. The van der Waals surface area contributed by atoms with Gasteiger partial charge in [0.05, 0.1) is 18.6 Å². The van der Waals surface area contributed by atoms with Crippen molar-refractivity contribution in [2.75, 3.05) is 24.5 Å². The van der Waals surface area contributed by atoms with Gasteiger partial charge >= 0.3 is 0 Å².